The van der Waals surface area contributed by atoms with Gasteiger partial charge in [0.05, 0.1) is 35.9 Å². The number of alkyl carbamates (subject to hydrolysis) is 1. The standard InChI is InChI=1S/C33H40N6O4/c1-32(2,3)27(38-30(40)43-33(4,5)6)29-35-19-25(37-29)23-15-11-21(12-16-23)20-9-13-22(14-10-20)24-18-34-28(36-24)26-8-7-17-39(26)31(41)42/h9-16,18-19,26-27H,7-8,17H2,1-6H3,(H,34,36)(H,35,37)(H,38,40)(H,41,42)/t26-,27-/m0/s1. The molecule has 1 fully saturated rings. The molecule has 0 radical (unpaired) electrons. The van der Waals surface area contributed by atoms with Gasteiger partial charge in [-0.3, -0.25) is 4.90 Å². The van der Waals surface area contributed by atoms with Gasteiger partial charge in [0.25, 0.3) is 0 Å². The van der Waals surface area contributed by atoms with Crippen molar-refractivity contribution in [2.45, 2.75) is 72.1 Å². The lowest BCUT2D eigenvalue weighted by Gasteiger charge is -2.31. The van der Waals surface area contributed by atoms with E-state index in [9.17, 15) is 14.7 Å². The number of carbonyl (C=O) groups excluding carboxylic acids is 1. The molecule has 0 saturated carbocycles. The minimum atomic E-state index is -0.909. The van der Waals surface area contributed by atoms with Crippen molar-refractivity contribution in [1.29, 1.82) is 0 Å². The molecule has 10 heteroatoms. The van der Waals surface area contributed by atoms with Crippen LogP contribution in [0.1, 0.15) is 78.1 Å². The van der Waals surface area contributed by atoms with Gasteiger partial charge >= 0.3 is 12.2 Å². The number of aromatic nitrogens is 4. The Morgan fingerprint density at radius 2 is 1.42 bits per heavy atom. The monoisotopic (exact) mass is 584 g/mol. The fourth-order valence-electron chi connectivity index (χ4n) is 5.37. The Bertz CT molecular complexity index is 1580. The highest BCUT2D eigenvalue weighted by molar-refractivity contribution is 5.72. The van der Waals surface area contributed by atoms with Gasteiger partial charge in [0.15, 0.2) is 0 Å². The minimum absolute atomic E-state index is 0.226. The maximum atomic E-state index is 12.5. The molecule has 1 aliphatic rings. The van der Waals surface area contributed by atoms with Crippen LogP contribution in [0.2, 0.25) is 0 Å². The average molecular weight is 585 g/mol. The number of nitrogens with one attached hydrogen (secondary N) is 3. The Morgan fingerprint density at radius 3 is 1.95 bits per heavy atom. The molecule has 0 bridgehead atoms. The molecule has 2 aromatic heterocycles. The van der Waals surface area contributed by atoms with Crippen LogP contribution in [-0.4, -0.2) is 54.3 Å². The summed E-state index contributed by atoms with van der Waals surface area (Å²) in [6.45, 7) is 12.2. The van der Waals surface area contributed by atoms with E-state index in [4.69, 9.17) is 4.74 Å². The van der Waals surface area contributed by atoms with Crippen LogP contribution in [-0.2, 0) is 4.74 Å². The van der Waals surface area contributed by atoms with Gasteiger partial charge in [0, 0.05) is 6.54 Å². The third kappa shape index (κ3) is 6.90. The third-order valence-corrected chi connectivity index (χ3v) is 7.53. The van der Waals surface area contributed by atoms with E-state index in [1.54, 1.807) is 12.4 Å². The van der Waals surface area contributed by atoms with E-state index < -0.39 is 17.8 Å². The number of H-pyrrole nitrogens is 2. The molecule has 0 spiro atoms. The first-order valence-corrected chi connectivity index (χ1v) is 14.6. The van der Waals surface area contributed by atoms with E-state index in [0.29, 0.717) is 18.2 Å². The number of nitrogens with zero attached hydrogens (tertiary/aromatic N) is 3. The van der Waals surface area contributed by atoms with E-state index in [1.165, 1.54) is 4.90 Å². The first-order chi connectivity index (χ1) is 20.3. The quantitative estimate of drug-likeness (QED) is 0.185. The van der Waals surface area contributed by atoms with Gasteiger partial charge in [-0.1, -0.05) is 69.3 Å². The van der Waals surface area contributed by atoms with Crippen molar-refractivity contribution in [3.8, 4) is 33.6 Å². The molecule has 2 amide bonds. The number of benzene rings is 2. The van der Waals surface area contributed by atoms with Crippen LogP contribution >= 0.6 is 0 Å². The Balaban J connectivity index is 1.28. The summed E-state index contributed by atoms with van der Waals surface area (Å²) >= 11 is 0. The van der Waals surface area contributed by atoms with Gasteiger partial charge in [-0.05, 0) is 61.3 Å². The van der Waals surface area contributed by atoms with Crippen LogP contribution in [0.25, 0.3) is 33.6 Å². The predicted molar refractivity (Wildman–Crippen MR) is 165 cm³/mol. The minimum Gasteiger partial charge on any atom is -0.465 e. The van der Waals surface area contributed by atoms with E-state index >= 15 is 0 Å². The summed E-state index contributed by atoms with van der Waals surface area (Å²) in [5.74, 6) is 1.35. The smallest absolute Gasteiger partial charge is 0.408 e. The summed E-state index contributed by atoms with van der Waals surface area (Å²) in [6, 6.07) is 15.8. The molecule has 3 heterocycles. The van der Waals surface area contributed by atoms with E-state index in [0.717, 1.165) is 46.5 Å². The van der Waals surface area contributed by atoms with E-state index in [1.807, 2.05) is 65.8 Å². The molecular formula is C33H40N6O4. The van der Waals surface area contributed by atoms with Crippen LogP contribution in [0.4, 0.5) is 9.59 Å². The van der Waals surface area contributed by atoms with Gasteiger partial charge in [-0.2, -0.15) is 0 Å². The Morgan fingerprint density at radius 1 is 0.884 bits per heavy atom. The predicted octanol–water partition coefficient (Wildman–Crippen LogP) is 7.56. The number of ether oxygens (including phenoxy) is 1. The second kappa shape index (κ2) is 11.6. The number of carboxylic acid groups (broad SMARTS) is 1. The van der Waals surface area contributed by atoms with Crippen molar-refractivity contribution >= 4 is 12.2 Å². The number of amides is 2. The Hall–Kier alpha value is -4.60. The van der Waals surface area contributed by atoms with Gasteiger partial charge < -0.3 is 25.1 Å². The van der Waals surface area contributed by atoms with Crippen molar-refractivity contribution in [3.05, 3.63) is 72.6 Å². The van der Waals surface area contributed by atoms with E-state index in [2.05, 4.69) is 49.5 Å². The molecule has 5 rings (SSSR count). The lowest BCUT2D eigenvalue weighted by atomic mass is 9.86. The molecule has 0 aliphatic carbocycles. The topological polar surface area (TPSA) is 136 Å². The fraction of sp³-hybridized carbons (Fsp3) is 0.394. The van der Waals surface area contributed by atoms with Crippen molar-refractivity contribution in [2.24, 2.45) is 5.41 Å². The number of hydrogen-bond donors (Lipinski definition) is 4. The molecule has 2 aromatic carbocycles. The zero-order chi connectivity index (χ0) is 30.9. The molecule has 1 aliphatic heterocycles. The molecule has 2 atom stereocenters. The highest BCUT2D eigenvalue weighted by Crippen LogP contribution is 2.34. The van der Waals surface area contributed by atoms with Crippen LogP contribution in [0, 0.1) is 5.41 Å². The molecule has 226 valence electrons. The molecule has 4 aromatic rings. The second-order valence-corrected chi connectivity index (χ2v) is 13.1. The highest BCUT2D eigenvalue weighted by Gasteiger charge is 2.33. The van der Waals surface area contributed by atoms with Gasteiger partial charge in [-0.25, -0.2) is 19.6 Å². The zero-order valence-electron chi connectivity index (χ0n) is 25.6. The summed E-state index contributed by atoms with van der Waals surface area (Å²) in [7, 11) is 0. The summed E-state index contributed by atoms with van der Waals surface area (Å²) in [4.78, 5) is 41.3. The zero-order valence-corrected chi connectivity index (χ0v) is 25.6. The second-order valence-electron chi connectivity index (χ2n) is 13.1. The number of aromatic amines is 2. The average Bonchev–Trinajstić information content (AvgIpc) is 3.71. The normalized spacial score (nSPS) is 16.2. The Kier molecular flexibility index (Phi) is 8.05. The fourth-order valence-corrected chi connectivity index (χ4v) is 5.37. The van der Waals surface area contributed by atoms with Crippen molar-refractivity contribution in [1.82, 2.24) is 30.2 Å². The van der Waals surface area contributed by atoms with E-state index in [-0.39, 0.29) is 17.5 Å². The largest absolute Gasteiger partial charge is 0.465 e. The number of rotatable bonds is 6. The number of likely N-dealkylation sites (tertiary alicyclic amines) is 1. The first-order valence-electron chi connectivity index (χ1n) is 14.6. The highest BCUT2D eigenvalue weighted by atomic mass is 16.6. The first kappa shape index (κ1) is 29.9. The SMILES string of the molecule is CC(C)(C)OC(=O)N[C@@H](c1ncc(-c2ccc(-c3ccc(-c4cnc([C@@H]5CCCN5C(=O)O)[nH]4)cc3)cc2)[nH]1)C(C)(C)C. The lowest BCUT2D eigenvalue weighted by molar-refractivity contribution is 0.0458. The van der Waals surface area contributed by atoms with Crippen molar-refractivity contribution < 1.29 is 19.4 Å². The van der Waals surface area contributed by atoms with Crippen LogP contribution in [0.3, 0.4) is 0 Å². The lowest BCUT2D eigenvalue weighted by Crippen LogP contribution is -2.40. The van der Waals surface area contributed by atoms with Crippen LogP contribution in [0.15, 0.2) is 60.9 Å². The van der Waals surface area contributed by atoms with Crippen LogP contribution in [0.5, 0.6) is 0 Å². The molecular weight excluding hydrogens is 544 g/mol. The molecule has 10 nitrogen and oxygen atoms in total. The molecule has 4 N–H and O–H groups in total. The maximum Gasteiger partial charge on any atom is 0.408 e. The number of carbonyl (C=O) groups is 2. The number of hydrogen-bond acceptors (Lipinski definition) is 5. The Labute approximate surface area is 251 Å². The summed E-state index contributed by atoms with van der Waals surface area (Å²) in [6.07, 6.45) is 3.78. The van der Waals surface area contributed by atoms with Crippen molar-refractivity contribution in [2.75, 3.05) is 6.54 Å². The molecule has 43 heavy (non-hydrogen) atoms. The van der Waals surface area contributed by atoms with Gasteiger partial charge in [0.2, 0.25) is 0 Å². The number of imidazole rings is 2. The summed E-state index contributed by atoms with van der Waals surface area (Å²) in [5, 5.41) is 12.4. The molecule has 1 saturated heterocycles. The molecule has 0 unspecified atom stereocenters. The van der Waals surface area contributed by atoms with Gasteiger partial charge in [0.1, 0.15) is 17.2 Å². The summed E-state index contributed by atoms with van der Waals surface area (Å²) < 4.78 is 5.48. The van der Waals surface area contributed by atoms with Crippen molar-refractivity contribution in [3.63, 3.8) is 0 Å². The van der Waals surface area contributed by atoms with Gasteiger partial charge in [-0.15, -0.1) is 0 Å². The maximum absolute atomic E-state index is 12.5. The van der Waals surface area contributed by atoms with Crippen LogP contribution < -0.4 is 5.32 Å². The summed E-state index contributed by atoms with van der Waals surface area (Å²) in [5.41, 5.74) is 4.94. The third-order valence-electron chi connectivity index (χ3n) is 7.53.